The van der Waals surface area contributed by atoms with Gasteiger partial charge < -0.3 is 0 Å². The van der Waals surface area contributed by atoms with Gasteiger partial charge in [0.05, 0.1) is 13.1 Å². The van der Waals surface area contributed by atoms with Gasteiger partial charge in [-0.25, -0.2) is 23.1 Å². The number of carbonyl (C=O) groups is 1. The van der Waals surface area contributed by atoms with Crippen LogP contribution in [0.25, 0.3) is 0 Å². The van der Waals surface area contributed by atoms with Crippen LogP contribution in [0.3, 0.4) is 0 Å². The lowest BCUT2D eigenvalue weighted by atomic mass is 10.2. The predicted molar refractivity (Wildman–Crippen MR) is 85.4 cm³/mol. The molecule has 0 fully saturated rings. The molecule has 1 aromatic heterocycles. The molecular formula is C17H12F2N4O2. The Labute approximate surface area is 140 Å². The molecule has 0 bridgehead atoms. The third-order valence-electron chi connectivity index (χ3n) is 4.01. The Balaban J connectivity index is 1.62. The number of benzene rings is 2. The molecule has 8 heteroatoms. The van der Waals surface area contributed by atoms with E-state index in [0.717, 1.165) is 4.57 Å². The number of hydrogen-bond donors (Lipinski definition) is 0. The third-order valence-corrected chi connectivity index (χ3v) is 4.01. The summed E-state index contributed by atoms with van der Waals surface area (Å²) in [5, 5.41) is 4.19. The Bertz CT molecular complexity index is 1010. The highest BCUT2D eigenvalue weighted by molar-refractivity contribution is 5.95. The van der Waals surface area contributed by atoms with Crippen LogP contribution in [0, 0.1) is 11.6 Å². The number of rotatable bonds is 3. The number of hydrogen-bond acceptors (Lipinski definition) is 3. The van der Waals surface area contributed by atoms with Crippen LogP contribution in [-0.2, 0) is 13.1 Å². The number of amides is 1. The number of aromatic nitrogens is 3. The van der Waals surface area contributed by atoms with E-state index in [-0.39, 0.29) is 18.9 Å². The molecule has 3 aromatic rings. The normalized spacial score (nSPS) is 13.4. The minimum Gasteiger partial charge on any atom is -0.286 e. The lowest BCUT2D eigenvalue weighted by Crippen LogP contribution is -2.35. The van der Waals surface area contributed by atoms with Gasteiger partial charge in [0.15, 0.2) is 5.82 Å². The van der Waals surface area contributed by atoms with Crippen molar-refractivity contribution in [2.24, 2.45) is 0 Å². The predicted octanol–water partition coefficient (Wildman–Crippen LogP) is 2.36. The Morgan fingerprint density at radius 2 is 1.52 bits per heavy atom. The molecule has 0 saturated heterocycles. The van der Waals surface area contributed by atoms with Gasteiger partial charge >= 0.3 is 11.7 Å². The van der Waals surface area contributed by atoms with Crippen molar-refractivity contribution in [3.8, 4) is 0 Å². The summed E-state index contributed by atoms with van der Waals surface area (Å²) in [6.07, 6.45) is 0. The zero-order valence-corrected chi connectivity index (χ0v) is 12.9. The molecule has 0 spiro atoms. The average molecular weight is 342 g/mol. The molecule has 1 aliphatic rings. The maximum Gasteiger partial charge on any atom is 0.354 e. The SMILES string of the molecule is O=C1N(c2ccc(F)cc2)Cc2nn(Cc3ccc(F)cc3)c(=O)n21. The monoisotopic (exact) mass is 342 g/mol. The van der Waals surface area contributed by atoms with Crippen molar-refractivity contribution in [1.29, 1.82) is 0 Å². The van der Waals surface area contributed by atoms with Gasteiger partial charge in [0.2, 0.25) is 0 Å². The van der Waals surface area contributed by atoms with E-state index >= 15 is 0 Å². The zero-order chi connectivity index (χ0) is 17.6. The van der Waals surface area contributed by atoms with Crippen LogP contribution in [0.5, 0.6) is 0 Å². The molecule has 2 heterocycles. The van der Waals surface area contributed by atoms with Crippen molar-refractivity contribution in [1.82, 2.24) is 14.3 Å². The summed E-state index contributed by atoms with van der Waals surface area (Å²) in [5.74, 6) is -0.468. The first-order chi connectivity index (χ1) is 12.0. The molecule has 4 rings (SSSR count). The van der Waals surface area contributed by atoms with Crippen LogP contribution < -0.4 is 10.6 Å². The fraction of sp³-hybridized carbons (Fsp3) is 0.118. The Morgan fingerprint density at radius 1 is 0.920 bits per heavy atom. The molecule has 0 N–H and O–H groups in total. The molecule has 0 aliphatic carbocycles. The molecule has 0 atom stereocenters. The molecule has 0 saturated carbocycles. The van der Waals surface area contributed by atoms with E-state index in [1.807, 2.05) is 0 Å². The van der Waals surface area contributed by atoms with E-state index < -0.39 is 17.5 Å². The third kappa shape index (κ3) is 2.61. The average Bonchev–Trinajstić information content (AvgIpc) is 3.08. The van der Waals surface area contributed by atoms with Gasteiger partial charge in [-0.05, 0) is 42.0 Å². The Hall–Kier alpha value is -3.29. The lowest BCUT2D eigenvalue weighted by molar-refractivity contribution is 0.250. The van der Waals surface area contributed by atoms with Gasteiger partial charge in [0.1, 0.15) is 11.6 Å². The van der Waals surface area contributed by atoms with Crippen LogP contribution in [-0.4, -0.2) is 20.4 Å². The maximum absolute atomic E-state index is 13.0. The van der Waals surface area contributed by atoms with Crippen molar-refractivity contribution >= 4 is 11.7 Å². The van der Waals surface area contributed by atoms with Gasteiger partial charge in [0.25, 0.3) is 0 Å². The second kappa shape index (κ2) is 5.66. The molecule has 25 heavy (non-hydrogen) atoms. The minimum atomic E-state index is -0.561. The molecule has 2 aromatic carbocycles. The largest absolute Gasteiger partial charge is 0.354 e. The van der Waals surface area contributed by atoms with Crippen molar-refractivity contribution in [3.63, 3.8) is 0 Å². The quantitative estimate of drug-likeness (QED) is 0.734. The standard InChI is InChI=1S/C17H12F2N4O2/c18-12-3-1-11(2-4-12)9-22-17(25)23-15(20-22)10-21(16(23)24)14-7-5-13(19)6-8-14/h1-8H,9-10H2. The van der Waals surface area contributed by atoms with Crippen LogP contribution in [0.1, 0.15) is 11.4 Å². The van der Waals surface area contributed by atoms with Gasteiger partial charge in [0, 0.05) is 5.69 Å². The van der Waals surface area contributed by atoms with Gasteiger partial charge in [-0.2, -0.15) is 9.67 Å². The minimum absolute atomic E-state index is 0.121. The number of anilines is 1. The van der Waals surface area contributed by atoms with Gasteiger partial charge in [-0.3, -0.25) is 4.90 Å². The molecule has 1 amide bonds. The summed E-state index contributed by atoms with van der Waals surface area (Å²) in [5.41, 5.74) is 0.624. The summed E-state index contributed by atoms with van der Waals surface area (Å²) >= 11 is 0. The van der Waals surface area contributed by atoms with E-state index in [0.29, 0.717) is 17.1 Å². The van der Waals surface area contributed by atoms with E-state index in [1.165, 1.54) is 46.0 Å². The molecule has 126 valence electrons. The van der Waals surface area contributed by atoms with Gasteiger partial charge in [-0.1, -0.05) is 12.1 Å². The summed E-state index contributed by atoms with van der Waals surface area (Å²) in [4.78, 5) is 26.3. The number of nitrogens with zero attached hydrogens (tertiary/aromatic N) is 4. The number of halogens is 2. The van der Waals surface area contributed by atoms with Crippen molar-refractivity contribution < 1.29 is 13.6 Å². The molecular weight excluding hydrogens is 330 g/mol. The highest BCUT2D eigenvalue weighted by Crippen LogP contribution is 2.22. The summed E-state index contributed by atoms with van der Waals surface area (Å²) in [6, 6.07) is 10.6. The van der Waals surface area contributed by atoms with Crippen molar-refractivity contribution in [2.75, 3.05) is 4.90 Å². The van der Waals surface area contributed by atoms with E-state index in [4.69, 9.17) is 0 Å². The van der Waals surface area contributed by atoms with Crippen LogP contribution in [0.2, 0.25) is 0 Å². The Morgan fingerprint density at radius 3 is 2.12 bits per heavy atom. The van der Waals surface area contributed by atoms with E-state index in [9.17, 15) is 18.4 Å². The molecule has 1 aliphatic heterocycles. The molecule has 0 unspecified atom stereocenters. The van der Waals surface area contributed by atoms with E-state index in [2.05, 4.69) is 5.10 Å². The fourth-order valence-electron chi connectivity index (χ4n) is 2.77. The highest BCUT2D eigenvalue weighted by atomic mass is 19.1. The molecule has 0 radical (unpaired) electrons. The number of carbonyl (C=O) groups excluding carboxylic acids is 1. The second-order valence-corrected chi connectivity index (χ2v) is 5.66. The van der Waals surface area contributed by atoms with Gasteiger partial charge in [-0.15, -0.1) is 0 Å². The maximum atomic E-state index is 13.0. The lowest BCUT2D eigenvalue weighted by Gasteiger charge is -2.14. The first-order valence-electron chi connectivity index (χ1n) is 7.53. The molecule has 6 nitrogen and oxygen atoms in total. The Kier molecular flexibility index (Phi) is 3.45. The summed E-state index contributed by atoms with van der Waals surface area (Å²) in [7, 11) is 0. The summed E-state index contributed by atoms with van der Waals surface area (Å²) < 4.78 is 28.1. The summed E-state index contributed by atoms with van der Waals surface area (Å²) in [6.45, 7) is 0.263. The topological polar surface area (TPSA) is 60.1 Å². The fourth-order valence-corrected chi connectivity index (χ4v) is 2.77. The van der Waals surface area contributed by atoms with Crippen molar-refractivity contribution in [3.05, 3.63) is 82.0 Å². The van der Waals surface area contributed by atoms with Crippen LogP contribution in [0.4, 0.5) is 19.3 Å². The highest BCUT2D eigenvalue weighted by Gasteiger charge is 2.33. The van der Waals surface area contributed by atoms with Crippen LogP contribution >= 0.6 is 0 Å². The van der Waals surface area contributed by atoms with E-state index in [1.54, 1.807) is 12.1 Å². The smallest absolute Gasteiger partial charge is 0.286 e. The first-order valence-corrected chi connectivity index (χ1v) is 7.53. The van der Waals surface area contributed by atoms with Crippen molar-refractivity contribution in [2.45, 2.75) is 13.1 Å². The number of fused-ring (bicyclic) bond motifs is 1. The second-order valence-electron chi connectivity index (χ2n) is 5.66. The van der Waals surface area contributed by atoms with Crippen LogP contribution in [0.15, 0.2) is 53.3 Å². The zero-order valence-electron chi connectivity index (χ0n) is 12.9. The first kappa shape index (κ1) is 15.3.